The summed E-state index contributed by atoms with van der Waals surface area (Å²) >= 11 is 0. The van der Waals surface area contributed by atoms with Gasteiger partial charge >= 0.3 is 0 Å². The maximum atomic E-state index is 11.3. The highest BCUT2D eigenvalue weighted by molar-refractivity contribution is 5.76. The summed E-state index contributed by atoms with van der Waals surface area (Å²) in [5, 5.41) is 3.75. The van der Waals surface area contributed by atoms with Gasteiger partial charge in [-0.15, -0.1) is 0 Å². The third-order valence-corrected chi connectivity index (χ3v) is 3.56. The summed E-state index contributed by atoms with van der Waals surface area (Å²) in [5.41, 5.74) is 3.10. The van der Waals surface area contributed by atoms with Gasteiger partial charge in [-0.3, -0.25) is 0 Å². The summed E-state index contributed by atoms with van der Waals surface area (Å²) in [6.45, 7) is -0.781. The number of carbonyl (C=O) groups excluding carboxylic acids is 1. The Labute approximate surface area is 116 Å². The van der Waals surface area contributed by atoms with Crippen molar-refractivity contribution in [2.24, 2.45) is 0 Å². The molecular weight excluding hydrogens is 240 g/mol. The van der Waals surface area contributed by atoms with Crippen molar-refractivity contribution in [3.8, 4) is 11.4 Å². The lowest BCUT2D eigenvalue weighted by atomic mass is 9.95. The topological polar surface area (TPSA) is 56.0 Å². The molecule has 1 aliphatic rings. The fourth-order valence-electron chi connectivity index (χ4n) is 2.74. The number of carbonyl (C=O) groups is 1. The number of aromatic nitrogens is 2. The Bertz CT molecular complexity index is 722. The summed E-state index contributed by atoms with van der Waals surface area (Å²) < 4.78 is 26.6. The van der Waals surface area contributed by atoms with E-state index in [1.807, 2.05) is 18.2 Å². The number of nitrogens with zero attached hydrogens (tertiary/aromatic N) is 2. The highest BCUT2D eigenvalue weighted by atomic mass is 16.5. The van der Waals surface area contributed by atoms with Crippen LogP contribution in [0.4, 0.5) is 0 Å². The molecule has 0 saturated carbocycles. The third-order valence-electron chi connectivity index (χ3n) is 3.56. The lowest BCUT2D eigenvalue weighted by Crippen LogP contribution is -2.00. The molecule has 0 saturated heterocycles. The van der Waals surface area contributed by atoms with E-state index in [9.17, 15) is 4.79 Å². The molecule has 0 amide bonds. The van der Waals surface area contributed by atoms with E-state index in [2.05, 4.69) is 10.1 Å². The molecule has 1 aliphatic carbocycles. The van der Waals surface area contributed by atoms with Gasteiger partial charge in [-0.25, -0.2) is 0 Å². The number of rotatable bonds is 3. The van der Waals surface area contributed by atoms with Crippen molar-refractivity contribution in [3.63, 3.8) is 0 Å². The van der Waals surface area contributed by atoms with Gasteiger partial charge in [-0.2, -0.15) is 4.98 Å². The minimum atomic E-state index is -2.39. The number of hydrogen-bond acceptors (Lipinski definition) is 4. The van der Waals surface area contributed by atoms with Crippen LogP contribution in [0.3, 0.4) is 0 Å². The third kappa shape index (κ3) is 2.30. The molecule has 1 aromatic carbocycles. The molecule has 0 unspecified atom stereocenters. The van der Waals surface area contributed by atoms with Gasteiger partial charge in [0, 0.05) is 22.9 Å². The predicted octanol–water partition coefficient (Wildman–Crippen LogP) is 3.05. The first-order valence-corrected chi connectivity index (χ1v) is 6.31. The predicted molar refractivity (Wildman–Crippen MR) is 70.8 cm³/mol. The Morgan fingerprint density at radius 3 is 3.21 bits per heavy atom. The van der Waals surface area contributed by atoms with Crippen molar-refractivity contribution in [2.75, 3.05) is 0 Å². The molecule has 1 aromatic heterocycles. The lowest BCUT2D eigenvalue weighted by Gasteiger charge is -2.09. The van der Waals surface area contributed by atoms with Crippen molar-refractivity contribution < 1.29 is 13.4 Å². The number of benzene rings is 1. The molecule has 0 N–H and O–H groups in total. The molecule has 0 bridgehead atoms. The van der Waals surface area contributed by atoms with Gasteiger partial charge in [0.1, 0.15) is 5.78 Å². The van der Waals surface area contributed by atoms with Crippen LogP contribution in [0, 0.1) is 6.85 Å². The smallest absolute Gasteiger partial charge is 0.223 e. The first kappa shape index (κ1) is 9.02. The van der Waals surface area contributed by atoms with Crippen LogP contribution < -0.4 is 0 Å². The van der Waals surface area contributed by atoms with Crippen LogP contribution in [-0.2, 0) is 11.2 Å². The molecule has 0 aliphatic heterocycles. The second kappa shape index (κ2) is 4.61. The minimum absolute atomic E-state index is 0.197. The van der Waals surface area contributed by atoms with Crippen LogP contribution in [0.1, 0.15) is 46.8 Å². The van der Waals surface area contributed by atoms with Crippen LogP contribution in [0.25, 0.3) is 11.4 Å². The monoisotopic (exact) mass is 259 g/mol. The Morgan fingerprint density at radius 2 is 2.47 bits per heavy atom. The maximum absolute atomic E-state index is 11.3. The number of ketones is 1. The van der Waals surface area contributed by atoms with Crippen molar-refractivity contribution in [3.05, 3.63) is 35.2 Å². The van der Waals surface area contributed by atoms with Crippen LogP contribution in [-0.4, -0.2) is 15.9 Å². The Morgan fingerprint density at radius 1 is 1.58 bits per heavy atom. The molecule has 4 heteroatoms. The van der Waals surface area contributed by atoms with Gasteiger partial charge < -0.3 is 9.32 Å². The standard InChI is InChI=1S/C15H16N2O2/c1-9(18)7-11-3-4-12-8-13(5-6-14(11)12)15-16-10(2)19-17-15/h5-6,8,11H,3-4,7H2,1-2H3/t11-/m0/s1/i2D3. The van der Waals surface area contributed by atoms with E-state index in [-0.39, 0.29) is 23.4 Å². The molecule has 1 heterocycles. The number of hydrogen-bond donors (Lipinski definition) is 0. The average Bonchev–Trinajstić information content (AvgIpc) is 3.04. The van der Waals surface area contributed by atoms with E-state index in [0.29, 0.717) is 6.42 Å². The molecule has 4 nitrogen and oxygen atoms in total. The molecule has 98 valence electrons. The molecular formula is C15H16N2O2. The summed E-state index contributed by atoms with van der Waals surface area (Å²) in [4.78, 5) is 15.3. The molecule has 0 fully saturated rings. The zero-order valence-electron chi connectivity index (χ0n) is 13.6. The lowest BCUT2D eigenvalue weighted by molar-refractivity contribution is -0.117. The van der Waals surface area contributed by atoms with Gasteiger partial charge in [0.2, 0.25) is 11.7 Å². The summed E-state index contributed by atoms with van der Waals surface area (Å²) in [6, 6.07) is 5.80. The quantitative estimate of drug-likeness (QED) is 0.850. The summed E-state index contributed by atoms with van der Waals surface area (Å²) in [6.07, 6.45) is 2.44. The zero-order chi connectivity index (χ0) is 15.9. The fourth-order valence-corrected chi connectivity index (χ4v) is 2.74. The van der Waals surface area contributed by atoms with Crippen molar-refractivity contribution in [1.29, 1.82) is 0 Å². The number of fused-ring (bicyclic) bond motifs is 1. The normalized spacial score (nSPS) is 20.5. The fraction of sp³-hybridized carbons (Fsp3) is 0.400. The van der Waals surface area contributed by atoms with E-state index in [0.717, 1.165) is 18.4 Å². The SMILES string of the molecule is [2H]C([2H])([2H])c1nc(-c2ccc3c(c2)CC[C@H]3CC(C)=O)no1. The Hall–Kier alpha value is -1.97. The van der Waals surface area contributed by atoms with Crippen molar-refractivity contribution in [1.82, 2.24) is 10.1 Å². The molecule has 1 atom stereocenters. The van der Waals surface area contributed by atoms with Crippen molar-refractivity contribution >= 4 is 5.78 Å². The van der Waals surface area contributed by atoms with Crippen LogP contribution in [0.5, 0.6) is 0 Å². The first-order valence-electron chi connectivity index (χ1n) is 7.81. The van der Waals surface area contributed by atoms with E-state index < -0.39 is 6.85 Å². The largest absolute Gasteiger partial charge is 0.339 e. The van der Waals surface area contributed by atoms with Crippen LogP contribution >= 0.6 is 0 Å². The number of Topliss-reactive ketones (excluding diaryl/α,β-unsaturated/α-hetero) is 1. The molecule has 2 aromatic rings. The zero-order valence-corrected chi connectivity index (χ0v) is 10.6. The molecule has 0 radical (unpaired) electrons. The van der Waals surface area contributed by atoms with Crippen molar-refractivity contribution in [2.45, 2.75) is 39.0 Å². The highest BCUT2D eigenvalue weighted by Crippen LogP contribution is 2.37. The first-order chi connectivity index (χ1) is 10.3. The Kier molecular flexibility index (Phi) is 2.19. The maximum Gasteiger partial charge on any atom is 0.223 e. The molecule has 3 rings (SSSR count). The van der Waals surface area contributed by atoms with E-state index in [1.54, 1.807) is 6.92 Å². The van der Waals surface area contributed by atoms with Gasteiger partial charge in [0.15, 0.2) is 0 Å². The number of aryl methyl sites for hydroxylation is 2. The molecule has 19 heavy (non-hydrogen) atoms. The van der Waals surface area contributed by atoms with Crippen LogP contribution in [0.15, 0.2) is 22.7 Å². The molecule has 0 spiro atoms. The second-order valence-corrected chi connectivity index (χ2v) is 4.98. The van der Waals surface area contributed by atoms with E-state index in [1.165, 1.54) is 11.1 Å². The van der Waals surface area contributed by atoms with Gasteiger partial charge in [-0.05, 0) is 42.9 Å². The average molecular weight is 259 g/mol. The second-order valence-electron chi connectivity index (χ2n) is 4.98. The summed E-state index contributed by atoms with van der Waals surface area (Å²) in [7, 11) is 0. The minimum Gasteiger partial charge on any atom is -0.339 e. The highest BCUT2D eigenvalue weighted by Gasteiger charge is 2.24. The van der Waals surface area contributed by atoms with Crippen LogP contribution in [0.2, 0.25) is 0 Å². The van der Waals surface area contributed by atoms with Gasteiger partial charge in [-0.1, -0.05) is 17.3 Å². The Balaban J connectivity index is 1.89. The van der Waals surface area contributed by atoms with E-state index >= 15 is 0 Å². The van der Waals surface area contributed by atoms with Gasteiger partial charge in [0.25, 0.3) is 0 Å². The summed E-state index contributed by atoms with van der Waals surface area (Å²) in [5.74, 6) is 0.411. The van der Waals surface area contributed by atoms with E-state index in [4.69, 9.17) is 8.64 Å². The van der Waals surface area contributed by atoms with Gasteiger partial charge in [0.05, 0.1) is 0 Å².